The van der Waals surface area contributed by atoms with E-state index in [0.717, 1.165) is 57.0 Å². The average molecular weight is 433 g/mol. The largest absolute Gasteiger partial charge is 0.389 e. The fourth-order valence-corrected chi connectivity index (χ4v) is 8.13. The number of rotatable bonds is 7. The molecule has 0 radical (unpaired) electrons. The van der Waals surface area contributed by atoms with Gasteiger partial charge in [0.25, 0.3) is 0 Å². The van der Waals surface area contributed by atoms with Gasteiger partial charge >= 0.3 is 6.18 Å². The standard InChI is InChI=1S/C24H41F3O.C2H6/c1-5-13-22(2)18(16-24(25,26)27)8-10-19-20-11-9-17(7-6-15-28-4)23(20,3)14-12-21(19)22;1-2/h17-21H,5-16H2,1-4H3;1-2H3. The molecule has 0 saturated heterocycles. The number of ether oxygens (including phenoxy) is 1. The molecule has 0 heterocycles. The van der Waals surface area contributed by atoms with Crippen molar-refractivity contribution in [3.8, 4) is 0 Å². The first kappa shape index (κ1) is 26.0. The molecule has 0 aromatic rings. The van der Waals surface area contributed by atoms with Crippen molar-refractivity contribution in [2.45, 2.75) is 111 Å². The van der Waals surface area contributed by atoms with Gasteiger partial charge in [-0.3, -0.25) is 0 Å². The first-order chi connectivity index (χ1) is 14.2. The van der Waals surface area contributed by atoms with E-state index >= 15 is 0 Å². The minimum absolute atomic E-state index is 0.136. The van der Waals surface area contributed by atoms with Gasteiger partial charge in [-0.1, -0.05) is 41.0 Å². The summed E-state index contributed by atoms with van der Waals surface area (Å²) in [5.41, 5.74) is 0.265. The van der Waals surface area contributed by atoms with E-state index in [2.05, 4.69) is 20.8 Å². The Hall–Kier alpha value is -0.250. The van der Waals surface area contributed by atoms with Crippen LogP contribution in [0.25, 0.3) is 0 Å². The van der Waals surface area contributed by atoms with Crippen LogP contribution in [-0.4, -0.2) is 19.9 Å². The minimum atomic E-state index is -4.03. The number of halogens is 3. The Labute approximate surface area is 183 Å². The third-order valence-electron chi connectivity index (χ3n) is 9.43. The Bertz CT molecular complexity index is 519. The van der Waals surface area contributed by atoms with E-state index in [0.29, 0.717) is 17.3 Å². The van der Waals surface area contributed by atoms with Crippen LogP contribution in [0.1, 0.15) is 105 Å². The summed E-state index contributed by atoms with van der Waals surface area (Å²) in [7, 11) is 1.78. The van der Waals surface area contributed by atoms with E-state index in [1.807, 2.05) is 13.8 Å². The molecule has 3 aliphatic carbocycles. The second-order valence-electron chi connectivity index (χ2n) is 10.7. The van der Waals surface area contributed by atoms with E-state index in [1.54, 1.807) is 7.11 Å². The summed E-state index contributed by atoms with van der Waals surface area (Å²) in [4.78, 5) is 0. The molecule has 3 rings (SSSR count). The molecule has 0 amide bonds. The zero-order valence-corrected chi connectivity index (χ0v) is 20.4. The molecule has 30 heavy (non-hydrogen) atoms. The maximum absolute atomic E-state index is 13.3. The molecule has 0 bridgehead atoms. The number of alkyl halides is 3. The maximum Gasteiger partial charge on any atom is 0.389 e. The Morgan fingerprint density at radius 3 is 2.20 bits per heavy atom. The summed E-state index contributed by atoms with van der Waals surface area (Å²) in [5, 5.41) is 0. The molecule has 0 aromatic carbocycles. The van der Waals surface area contributed by atoms with E-state index < -0.39 is 12.6 Å². The summed E-state index contributed by atoms with van der Waals surface area (Å²) in [6.45, 7) is 11.7. The molecular weight excluding hydrogens is 385 g/mol. The van der Waals surface area contributed by atoms with Crippen molar-refractivity contribution in [1.82, 2.24) is 0 Å². The summed E-state index contributed by atoms with van der Waals surface area (Å²) < 4.78 is 45.2. The molecule has 0 aliphatic heterocycles. The lowest BCUT2D eigenvalue weighted by molar-refractivity contribution is -0.177. The fourth-order valence-electron chi connectivity index (χ4n) is 8.13. The first-order valence-corrected chi connectivity index (χ1v) is 12.7. The first-order valence-electron chi connectivity index (χ1n) is 12.7. The van der Waals surface area contributed by atoms with Gasteiger partial charge in [0.15, 0.2) is 0 Å². The molecule has 0 aromatic heterocycles. The van der Waals surface area contributed by atoms with Crippen LogP contribution in [-0.2, 0) is 4.74 Å². The maximum atomic E-state index is 13.3. The van der Waals surface area contributed by atoms with Gasteiger partial charge in [-0.2, -0.15) is 13.2 Å². The summed E-state index contributed by atoms with van der Waals surface area (Å²) in [5.74, 6) is 2.45. The molecule has 0 N–H and O–H groups in total. The lowest BCUT2D eigenvalue weighted by atomic mass is 9.46. The second-order valence-corrected chi connectivity index (χ2v) is 10.7. The van der Waals surface area contributed by atoms with Crippen LogP contribution in [0.15, 0.2) is 0 Å². The van der Waals surface area contributed by atoms with Crippen molar-refractivity contribution < 1.29 is 17.9 Å². The highest BCUT2D eigenvalue weighted by Crippen LogP contribution is 2.67. The molecule has 178 valence electrons. The van der Waals surface area contributed by atoms with Crippen molar-refractivity contribution in [1.29, 1.82) is 0 Å². The van der Waals surface area contributed by atoms with Crippen molar-refractivity contribution in [3.63, 3.8) is 0 Å². The summed E-state index contributed by atoms with van der Waals surface area (Å²) in [6, 6.07) is 0. The number of fused-ring (bicyclic) bond motifs is 3. The Morgan fingerprint density at radius 2 is 1.60 bits per heavy atom. The third-order valence-corrected chi connectivity index (χ3v) is 9.43. The van der Waals surface area contributed by atoms with Gasteiger partial charge in [0.1, 0.15) is 0 Å². The summed E-state index contributed by atoms with van der Waals surface area (Å²) in [6.07, 6.45) is 6.49. The van der Waals surface area contributed by atoms with Crippen LogP contribution in [0.5, 0.6) is 0 Å². The zero-order chi connectivity index (χ0) is 22.6. The normalized spacial score (nSPS) is 40.9. The van der Waals surface area contributed by atoms with Crippen molar-refractivity contribution in [2.75, 3.05) is 13.7 Å². The predicted molar refractivity (Wildman–Crippen MR) is 119 cm³/mol. The van der Waals surface area contributed by atoms with Crippen LogP contribution in [0.2, 0.25) is 0 Å². The molecule has 0 spiro atoms. The molecule has 3 saturated carbocycles. The van der Waals surface area contributed by atoms with Crippen LogP contribution in [0, 0.1) is 40.4 Å². The molecule has 3 fully saturated rings. The highest BCUT2D eigenvalue weighted by atomic mass is 19.4. The quantitative estimate of drug-likeness (QED) is 0.366. The SMILES string of the molecule is CC.CCCC1(C)C(CC(F)(F)F)CCC2C3CCC(CCCOC)C3(C)CCC21. The molecule has 3 aliphatic rings. The van der Waals surface area contributed by atoms with E-state index in [-0.39, 0.29) is 11.3 Å². The van der Waals surface area contributed by atoms with Gasteiger partial charge < -0.3 is 4.74 Å². The minimum Gasteiger partial charge on any atom is -0.385 e. The number of methoxy groups -OCH3 is 1. The topological polar surface area (TPSA) is 9.23 Å². The molecule has 7 atom stereocenters. The van der Waals surface area contributed by atoms with Crippen molar-refractivity contribution >= 4 is 0 Å². The monoisotopic (exact) mass is 432 g/mol. The van der Waals surface area contributed by atoms with Gasteiger partial charge in [0.05, 0.1) is 0 Å². The van der Waals surface area contributed by atoms with E-state index in [4.69, 9.17) is 4.74 Å². The molecular formula is C26H47F3O. The van der Waals surface area contributed by atoms with E-state index in [9.17, 15) is 13.2 Å². The Balaban J connectivity index is 0.00000155. The van der Waals surface area contributed by atoms with Gasteiger partial charge in [-0.15, -0.1) is 0 Å². The Morgan fingerprint density at radius 1 is 0.933 bits per heavy atom. The van der Waals surface area contributed by atoms with Gasteiger partial charge in [-0.25, -0.2) is 0 Å². The highest BCUT2D eigenvalue weighted by molar-refractivity contribution is 5.08. The lowest BCUT2D eigenvalue weighted by Crippen LogP contribution is -2.52. The summed E-state index contributed by atoms with van der Waals surface area (Å²) >= 11 is 0. The average Bonchev–Trinajstić information content (AvgIpc) is 3.02. The van der Waals surface area contributed by atoms with Crippen LogP contribution in [0.3, 0.4) is 0 Å². The molecule has 4 heteroatoms. The van der Waals surface area contributed by atoms with Gasteiger partial charge in [0.2, 0.25) is 0 Å². The molecule has 7 unspecified atom stereocenters. The van der Waals surface area contributed by atoms with E-state index in [1.165, 1.54) is 25.7 Å². The smallest absolute Gasteiger partial charge is 0.385 e. The van der Waals surface area contributed by atoms with Crippen LogP contribution in [0.4, 0.5) is 13.2 Å². The van der Waals surface area contributed by atoms with Crippen molar-refractivity contribution in [2.24, 2.45) is 40.4 Å². The zero-order valence-electron chi connectivity index (χ0n) is 20.4. The van der Waals surface area contributed by atoms with Crippen LogP contribution < -0.4 is 0 Å². The number of hydrogen-bond acceptors (Lipinski definition) is 1. The van der Waals surface area contributed by atoms with Crippen LogP contribution >= 0.6 is 0 Å². The third kappa shape index (κ3) is 5.21. The fraction of sp³-hybridized carbons (Fsp3) is 1.00. The predicted octanol–water partition coefficient (Wildman–Crippen LogP) is 8.67. The Kier molecular flexibility index (Phi) is 9.17. The highest BCUT2D eigenvalue weighted by Gasteiger charge is 2.59. The number of hydrogen-bond donors (Lipinski definition) is 0. The van der Waals surface area contributed by atoms with Gasteiger partial charge in [0, 0.05) is 20.1 Å². The lowest BCUT2D eigenvalue weighted by Gasteiger charge is -2.59. The molecule has 1 nitrogen and oxygen atoms in total. The van der Waals surface area contributed by atoms with Gasteiger partial charge in [-0.05, 0) is 98.2 Å². The van der Waals surface area contributed by atoms with Crippen molar-refractivity contribution in [3.05, 3.63) is 0 Å². The second kappa shape index (κ2) is 10.6.